The molecule has 3 aromatic carbocycles. The number of aromatic amines is 1. The van der Waals surface area contributed by atoms with E-state index in [0.717, 1.165) is 27.6 Å². The Hall–Kier alpha value is -3.26. The predicted molar refractivity (Wildman–Crippen MR) is 127 cm³/mol. The lowest BCUT2D eigenvalue weighted by Crippen LogP contribution is -2.33. The van der Waals surface area contributed by atoms with Gasteiger partial charge in [-0.05, 0) is 30.3 Å². The first-order valence-electron chi connectivity index (χ1n) is 10.8. The van der Waals surface area contributed by atoms with Crippen LogP contribution in [0.25, 0.3) is 21.8 Å². The molecular weight excluding hydrogens is 406 g/mol. The number of H-pyrrole nitrogens is 1. The number of aliphatic hydroxyl groups is 1. The minimum atomic E-state index is -0.643. The summed E-state index contributed by atoms with van der Waals surface area (Å²) in [6.45, 7) is 2.52. The lowest BCUT2D eigenvalue weighted by Gasteiger charge is -2.15. The van der Waals surface area contributed by atoms with Crippen molar-refractivity contribution in [1.29, 1.82) is 0 Å². The molecular formula is C25H29N3O4. The average molecular weight is 436 g/mol. The zero-order chi connectivity index (χ0) is 22.2. The Balaban J connectivity index is 1.23. The number of hydrogen-bond donors (Lipinski definition) is 4. The molecule has 0 fully saturated rings. The smallest absolute Gasteiger partial charge is 0.161 e. The quantitative estimate of drug-likeness (QED) is 0.255. The maximum atomic E-state index is 10.3. The molecule has 5 N–H and O–H groups in total. The number of para-hydroxylation sites is 3. The van der Waals surface area contributed by atoms with Gasteiger partial charge in [-0.25, -0.2) is 0 Å². The second kappa shape index (κ2) is 10.9. The first-order chi connectivity index (χ1) is 15.8. The molecule has 168 valence electrons. The molecule has 0 unspecified atom stereocenters. The van der Waals surface area contributed by atoms with E-state index in [1.165, 1.54) is 0 Å². The maximum absolute atomic E-state index is 10.3. The molecule has 32 heavy (non-hydrogen) atoms. The summed E-state index contributed by atoms with van der Waals surface area (Å²) in [6.07, 6.45) is -0.643. The summed E-state index contributed by atoms with van der Waals surface area (Å²) < 4.78 is 17.3. The summed E-state index contributed by atoms with van der Waals surface area (Å²) in [6, 6.07) is 21.5. The monoisotopic (exact) mass is 435 g/mol. The van der Waals surface area contributed by atoms with E-state index in [2.05, 4.69) is 16.4 Å². The van der Waals surface area contributed by atoms with Gasteiger partial charge in [-0.1, -0.05) is 36.4 Å². The molecule has 0 bridgehead atoms. The van der Waals surface area contributed by atoms with Crippen LogP contribution in [-0.4, -0.2) is 55.6 Å². The van der Waals surface area contributed by atoms with Crippen molar-refractivity contribution in [2.75, 3.05) is 39.5 Å². The molecule has 4 rings (SSSR count). The molecule has 7 heteroatoms. The van der Waals surface area contributed by atoms with Crippen LogP contribution >= 0.6 is 0 Å². The third kappa shape index (κ3) is 5.31. The van der Waals surface area contributed by atoms with E-state index in [0.29, 0.717) is 44.3 Å². The molecule has 0 saturated carbocycles. The van der Waals surface area contributed by atoms with Gasteiger partial charge in [-0.3, -0.25) is 0 Å². The van der Waals surface area contributed by atoms with Gasteiger partial charge in [-0.15, -0.1) is 0 Å². The first kappa shape index (κ1) is 22.0. The molecule has 0 aliphatic carbocycles. The molecule has 0 aliphatic rings. The second-order valence-corrected chi connectivity index (χ2v) is 7.45. The number of benzene rings is 3. The minimum absolute atomic E-state index is 0.197. The van der Waals surface area contributed by atoms with Crippen molar-refractivity contribution in [2.24, 2.45) is 5.73 Å². The second-order valence-electron chi connectivity index (χ2n) is 7.45. The average Bonchev–Trinajstić information content (AvgIpc) is 3.21. The maximum Gasteiger partial charge on any atom is 0.161 e. The zero-order valence-electron chi connectivity index (χ0n) is 17.9. The van der Waals surface area contributed by atoms with Crippen molar-refractivity contribution >= 4 is 21.8 Å². The summed E-state index contributed by atoms with van der Waals surface area (Å²) in [4.78, 5) is 3.40. The molecule has 0 aliphatic heterocycles. The highest BCUT2D eigenvalue weighted by molar-refractivity contribution is 6.10. The van der Waals surface area contributed by atoms with Crippen molar-refractivity contribution in [3.63, 3.8) is 0 Å². The van der Waals surface area contributed by atoms with Crippen LogP contribution in [0, 0.1) is 0 Å². The normalized spacial score (nSPS) is 12.2. The van der Waals surface area contributed by atoms with E-state index in [9.17, 15) is 5.11 Å². The van der Waals surface area contributed by atoms with Crippen LogP contribution in [0.3, 0.4) is 0 Å². The highest BCUT2D eigenvalue weighted by Crippen LogP contribution is 2.33. The SMILES string of the molecule is NCCOc1ccccc1OCCNC[C@@H](O)COc1cccc2[nH]c3ccccc3c12. The van der Waals surface area contributed by atoms with E-state index < -0.39 is 6.10 Å². The molecule has 0 spiro atoms. The fourth-order valence-corrected chi connectivity index (χ4v) is 3.59. The van der Waals surface area contributed by atoms with Crippen molar-refractivity contribution in [3.05, 3.63) is 66.7 Å². The number of ether oxygens (including phenoxy) is 3. The van der Waals surface area contributed by atoms with Gasteiger partial charge < -0.3 is 35.4 Å². The summed E-state index contributed by atoms with van der Waals surface area (Å²) in [5.74, 6) is 2.12. The Morgan fingerprint density at radius 1 is 0.812 bits per heavy atom. The third-order valence-electron chi connectivity index (χ3n) is 5.06. The van der Waals surface area contributed by atoms with Crippen LogP contribution in [-0.2, 0) is 0 Å². The van der Waals surface area contributed by atoms with Gasteiger partial charge in [-0.2, -0.15) is 0 Å². The van der Waals surface area contributed by atoms with Crippen LogP contribution in [0.15, 0.2) is 66.7 Å². The van der Waals surface area contributed by atoms with Crippen molar-refractivity contribution < 1.29 is 19.3 Å². The molecule has 4 aromatic rings. The Labute approximate surface area is 187 Å². The molecule has 1 heterocycles. The summed E-state index contributed by atoms with van der Waals surface area (Å²) in [7, 11) is 0. The highest BCUT2D eigenvalue weighted by Gasteiger charge is 2.11. The number of nitrogens with two attached hydrogens (primary N) is 1. The Bertz CT molecular complexity index is 1140. The number of fused-ring (bicyclic) bond motifs is 3. The Morgan fingerprint density at radius 2 is 1.50 bits per heavy atom. The van der Waals surface area contributed by atoms with E-state index >= 15 is 0 Å². The van der Waals surface area contributed by atoms with Crippen molar-refractivity contribution in [3.8, 4) is 17.2 Å². The molecule has 0 amide bonds. The predicted octanol–water partition coefficient (Wildman–Crippen LogP) is 3.07. The van der Waals surface area contributed by atoms with Crippen LogP contribution in [0.4, 0.5) is 0 Å². The fraction of sp³-hybridized carbons (Fsp3) is 0.280. The Kier molecular flexibility index (Phi) is 7.45. The molecule has 7 nitrogen and oxygen atoms in total. The molecule has 1 aromatic heterocycles. The van der Waals surface area contributed by atoms with Gasteiger partial charge in [0.15, 0.2) is 11.5 Å². The highest BCUT2D eigenvalue weighted by atomic mass is 16.5. The van der Waals surface area contributed by atoms with Gasteiger partial charge >= 0.3 is 0 Å². The molecule has 0 radical (unpaired) electrons. The summed E-state index contributed by atoms with van der Waals surface area (Å²) in [5, 5.41) is 15.7. The van der Waals surface area contributed by atoms with Gasteiger partial charge in [0.05, 0.1) is 5.52 Å². The van der Waals surface area contributed by atoms with Crippen molar-refractivity contribution in [2.45, 2.75) is 6.10 Å². The lowest BCUT2D eigenvalue weighted by atomic mass is 10.1. The fourth-order valence-electron chi connectivity index (χ4n) is 3.59. The van der Waals surface area contributed by atoms with E-state index in [1.807, 2.05) is 60.7 Å². The minimum Gasteiger partial charge on any atom is -0.490 e. The van der Waals surface area contributed by atoms with E-state index in [4.69, 9.17) is 19.9 Å². The van der Waals surface area contributed by atoms with E-state index in [1.54, 1.807) is 0 Å². The largest absolute Gasteiger partial charge is 0.490 e. The van der Waals surface area contributed by atoms with Gasteiger partial charge in [0.1, 0.15) is 31.7 Å². The Morgan fingerprint density at radius 3 is 2.31 bits per heavy atom. The van der Waals surface area contributed by atoms with Crippen LogP contribution in [0.5, 0.6) is 17.2 Å². The molecule has 0 saturated heterocycles. The van der Waals surface area contributed by atoms with E-state index in [-0.39, 0.29) is 6.61 Å². The molecule has 1 atom stereocenters. The number of hydrogen-bond acceptors (Lipinski definition) is 6. The number of nitrogens with one attached hydrogen (secondary N) is 2. The third-order valence-corrected chi connectivity index (χ3v) is 5.06. The topological polar surface area (TPSA) is 102 Å². The zero-order valence-corrected chi connectivity index (χ0v) is 17.9. The van der Waals surface area contributed by atoms with Crippen LogP contribution in [0.1, 0.15) is 0 Å². The lowest BCUT2D eigenvalue weighted by molar-refractivity contribution is 0.106. The number of aliphatic hydroxyl groups excluding tert-OH is 1. The first-order valence-corrected chi connectivity index (χ1v) is 10.8. The number of rotatable bonds is 12. The van der Waals surface area contributed by atoms with Crippen LogP contribution in [0.2, 0.25) is 0 Å². The van der Waals surface area contributed by atoms with Crippen molar-refractivity contribution in [1.82, 2.24) is 10.3 Å². The standard InChI is InChI=1S/C25H29N3O4/c26-12-14-30-22-9-3-4-10-23(22)31-15-13-27-16-18(29)17-32-24-11-5-8-21-25(24)19-6-1-2-7-20(19)28-21/h1-11,18,27-29H,12-17,26H2/t18-/m1/s1. The van der Waals surface area contributed by atoms with Gasteiger partial charge in [0, 0.05) is 35.9 Å². The van der Waals surface area contributed by atoms with Crippen LogP contribution < -0.4 is 25.3 Å². The van der Waals surface area contributed by atoms with Gasteiger partial charge in [0.2, 0.25) is 0 Å². The van der Waals surface area contributed by atoms with Gasteiger partial charge in [0.25, 0.3) is 0 Å². The number of aromatic nitrogens is 1. The summed E-state index contributed by atoms with van der Waals surface area (Å²) in [5.41, 5.74) is 7.57. The summed E-state index contributed by atoms with van der Waals surface area (Å²) >= 11 is 0.